The summed E-state index contributed by atoms with van der Waals surface area (Å²) >= 11 is 1.27. The number of rotatable bonds is 3. The molecular formula is C12H17BO5S. The lowest BCUT2D eigenvalue weighted by atomic mass is 9.86. The largest absolute Gasteiger partial charge is 0.509 e. The van der Waals surface area contributed by atoms with Gasteiger partial charge in [-0.15, -0.1) is 11.3 Å². The number of hydrogen-bond donors (Lipinski definition) is 1. The van der Waals surface area contributed by atoms with Crippen LogP contribution in [0.3, 0.4) is 0 Å². The minimum Gasteiger partial charge on any atom is -0.495 e. The zero-order chi connectivity index (χ0) is 14.4. The second kappa shape index (κ2) is 4.50. The van der Waals surface area contributed by atoms with Crippen molar-refractivity contribution in [3.8, 4) is 5.75 Å². The highest BCUT2D eigenvalue weighted by Crippen LogP contribution is 2.38. The van der Waals surface area contributed by atoms with Crippen LogP contribution in [0.1, 0.15) is 38.1 Å². The standard InChI is InChI=1S/C12H17BO5S/c1-11(2)12(3,4)18-13(17-11)9-8(16-5)7(6-19-9)10(14)15/h6H,1-5H3,(H,14,15). The van der Waals surface area contributed by atoms with Crippen molar-refractivity contribution >= 4 is 29.2 Å². The van der Waals surface area contributed by atoms with Gasteiger partial charge in [0.05, 0.1) is 23.1 Å². The zero-order valence-electron chi connectivity index (χ0n) is 11.6. The van der Waals surface area contributed by atoms with Gasteiger partial charge in [-0.25, -0.2) is 4.79 Å². The third-order valence-corrected chi connectivity index (χ3v) is 4.66. The molecule has 0 unspecified atom stereocenters. The molecule has 1 fully saturated rings. The Balaban J connectivity index is 2.37. The van der Waals surface area contributed by atoms with Gasteiger partial charge in [0.2, 0.25) is 0 Å². The highest BCUT2D eigenvalue weighted by Gasteiger charge is 2.53. The van der Waals surface area contributed by atoms with Crippen molar-refractivity contribution in [2.45, 2.75) is 38.9 Å². The van der Waals surface area contributed by atoms with Crippen molar-refractivity contribution in [2.24, 2.45) is 0 Å². The van der Waals surface area contributed by atoms with E-state index in [0.717, 1.165) is 0 Å². The smallest absolute Gasteiger partial charge is 0.495 e. The van der Waals surface area contributed by atoms with Crippen LogP contribution in [0.25, 0.3) is 0 Å². The number of methoxy groups -OCH3 is 1. The van der Waals surface area contributed by atoms with E-state index in [2.05, 4.69) is 0 Å². The van der Waals surface area contributed by atoms with E-state index in [-0.39, 0.29) is 5.56 Å². The summed E-state index contributed by atoms with van der Waals surface area (Å²) in [6.45, 7) is 7.80. The maximum atomic E-state index is 11.1. The summed E-state index contributed by atoms with van der Waals surface area (Å²) < 4.78 is 17.6. The highest BCUT2D eigenvalue weighted by atomic mass is 32.1. The number of carbonyl (C=O) groups is 1. The molecule has 1 aliphatic rings. The molecule has 0 aliphatic carbocycles. The van der Waals surface area contributed by atoms with Crippen molar-refractivity contribution in [1.82, 2.24) is 0 Å². The van der Waals surface area contributed by atoms with E-state index in [1.807, 2.05) is 27.7 Å². The number of carboxylic acids is 1. The van der Waals surface area contributed by atoms with E-state index < -0.39 is 24.3 Å². The molecular weight excluding hydrogens is 267 g/mol. The first-order valence-corrected chi connectivity index (χ1v) is 6.82. The SMILES string of the molecule is COc1c(C(=O)O)csc1B1OC(C)(C)C(C)(C)O1. The molecule has 0 radical (unpaired) electrons. The zero-order valence-corrected chi connectivity index (χ0v) is 12.5. The summed E-state index contributed by atoms with van der Waals surface area (Å²) in [5.41, 5.74) is -0.788. The molecule has 0 aromatic carbocycles. The summed E-state index contributed by atoms with van der Waals surface area (Å²) in [6, 6.07) is 0. The van der Waals surface area contributed by atoms with Gasteiger partial charge in [0.25, 0.3) is 0 Å². The predicted octanol–water partition coefficient (Wildman–Crippen LogP) is 1.75. The second-order valence-corrected chi connectivity index (χ2v) is 6.35. The lowest BCUT2D eigenvalue weighted by molar-refractivity contribution is 0.00578. The fourth-order valence-electron chi connectivity index (χ4n) is 1.83. The first kappa shape index (κ1) is 14.4. The minimum atomic E-state index is -1.02. The molecule has 1 aromatic heterocycles. The summed E-state index contributed by atoms with van der Waals surface area (Å²) in [5.74, 6) is -0.702. The Kier molecular flexibility index (Phi) is 3.41. The van der Waals surface area contributed by atoms with Gasteiger partial charge >= 0.3 is 13.1 Å². The monoisotopic (exact) mass is 284 g/mol. The van der Waals surface area contributed by atoms with E-state index in [9.17, 15) is 4.79 Å². The van der Waals surface area contributed by atoms with Crippen LogP contribution in [0.5, 0.6) is 5.75 Å². The first-order chi connectivity index (χ1) is 8.69. The Labute approximate surface area is 116 Å². The summed E-state index contributed by atoms with van der Waals surface area (Å²) in [5, 5.41) is 10.6. The maximum Gasteiger partial charge on any atom is 0.509 e. The second-order valence-electron chi connectivity index (χ2n) is 5.44. The molecule has 19 heavy (non-hydrogen) atoms. The van der Waals surface area contributed by atoms with E-state index in [1.165, 1.54) is 18.4 Å². The normalized spacial score (nSPS) is 20.6. The molecule has 1 saturated heterocycles. The van der Waals surface area contributed by atoms with Crippen LogP contribution in [0.2, 0.25) is 0 Å². The van der Waals surface area contributed by atoms with Gasteiger partial charge in [0.15, 0.2) is 0 Å². The third-order valence-electron chi connectivity index (χ3n) is 3.67. The van der Waals surface area contributed by atoms with E-state index >= 15 is 0 Å². The predicted molar refractivity (Wildman–Crippen MR) is 73.5 cm³/mol. The Hall–Kier alpha value is -1.05. The van der Waals surface area contributed by atoms with Crippen LogP contribution in [-0.2, 0) is 9.31 Å². The summed E-state index contributed by atoms with van der Waals surface area (Å²) in [6.07, 6.45) is 0. The van der Waals surface area contributed by atoms with Gasteiger partial charge in [0, 0.05) is 5.38 Å². The van der Waals surface area contributed by atoms with Crippen LogP contribution >= 0.6 is 11.3 Å². The van der Waals surface area contributed by atoms with Gasteiger partial charge in [0.1, 0.15) is 11.3 Å². The molecule has 2 heterocycles. The number of ether oxygens (including phenoxy) is 1. The van der Waals surface area contributed by atoms with Crippen molar-refractivity contribution in [3.05, 3.63) is 10.9 Å². The summed E-state index contributed by atoms with van der Waals surface area (Å²) in [4.78, 5) is 11.1. The van der Waals surface area contributed by atoms with Crippen molar-refractivity contribution in [1.29, 1.82) is 0 Å². The molecule has 1 N–H and O–H groups in total. The van der Waals surface area contributed by atoms with Gasteiger partial charge in [-0.05, 0) is 27.7 Å². The first-order valence-electron chi connectivity index (χ1n) is 5.94. The van der Waals surface area contributed by atoms with Gasteiger partial charge in [-0.1, -0.05) is 0 Å². The molecule has 5 nitrogen and oxygen atoms in total. The van der Waals surface area contributed by atoms with Crippen molar-refractivity contribution < 1.29 is 23.9 Å². The van der Waals surface area contributed by atoms with E-state index in [1.54, 1.807) is 5.38 Å². The number of hydrogen-bond acceptors (Lipinski definition) is 5. The van der Waals surface area contributed by atoms with Gasteiger partial charge < -0.3 is 19.2 Å². The van der Waals surface area contributed by atoms with Crippen molar-refractivity contribution in [2.75, 3.05) is 7.11 Å². The fraction of sp³-hybridized carbons (Fsp3) is 0.583. The van der Waals surface area contributed by atoms with Crippen LogP contribution < -0.4 is 9.51 Å². The van der Waals surface area contributed by atoms with Gasteiger partial charge in [-0.2, -0.15) is 0 Å². The third kappa shape index (κ3) is 2.26. The average Bonchev–Trinajstić information content (AvgIpc) is 2.77. The molecule has 0 atom stereocenters. The van der Waals surface area contributed by atoms with E-state index in [0.29, 0.717) is 10.5 Å². The Bertz CT molecular complexity index is 492. The molecule has 7 heteroatoms. The number of thiophene rings is 1. The minimum absolute atomic E-state index is 0.136. The van der Waals surface area contributed by atoms with Crippen LogP contribution in [0.15, 0.2) is 5.38 Å². The van der Waals surface area contributed by atoms with Crippen LogP contribution in [0, 0.1) is 0 Å². The Morgan fingerprint density at radius 2 is 1.84 bits per heavy atom. The molecule has 2 rings (SSSR count). The number of aromatic carboxylic acids is 1. The lowest BCUT2D eigenvalue weighted by Crippen LogP contribution is -2.41. The van der Waals surface area contributed by atoms with E-state index in [4.69, 9.17) is 19.2 Å². The van der Waals surface area contributed by atoms with Crippen LogP contribution in [0.4, 0.5) is 0 Å². The fourth-order valence-corrected chi connectivity index (χ4v) is 2.79. The quantitative estimate of drug-likeness (QED) is 0.857. The molecule has 0 spiro atoms. The molecule has 104 valence electrons. The lowest BCUT2D eigenvalue weighted by Gasteiger charge is -2.32. The topological polar surface area (TPSA) is 65.0 Å². The summed E-state index contributed by atoms with van der Waals surface area (Å²) in [7, 11) is 0.849. The number of carboxylic acid groups (broad SMARTS) is 1. The highest BCUT2D eigenvalue weighted by molar-refractivity contribution is 7.21. The molecule has 1 aromatic rings. The molecule has 0 saturated carbocycles. The Morgan fingerprint density at radius 3 is 2.26 bits per heavy atom. The Morgan fingerprint density at radius 1 is 1.32 bits per heavy atom. The molecule has 0 amide bonds. The average molecular weight is 284 g/mol. The van der Waals surface area contributed by atoms with Crippen molar-refractivity contribution in [3.63, 3.8) is 0 Å². The van der Waals surface area contributed by atoms with Gasteiger partial charge in [-0.3, -0.25) is 0 Å². The molecule has 1 aliphatic heterocycles. The molecule has 0 bridgehead atoms. The maximum absolute atomic E-state index is 11.1. The van der Waals surface area contributed by atoms with Crippen LogP contribution in [-0.4, -0.2) is 36.5 Å².